The number of aromatic nitrogens is 1. The zero-order valence-corrected chi connectivity index (χ0v) is 11.8. The van der Waals surface area contributed by atoms with E-state index < -0.39 is 0 Å². The quantitative estimate of drug-likeness (QED) is 0.775. The Labute approximate surface area is 121 Å². The van der Waals surface area contributed by atoms with E-state index in [-0.39, 0.29) is 6.04 Å². The number of hydrogen-bond acceptors (Lipinski definition) is 4. The van der Waals surface area contributed by atoms with Crippen LogP contribution in [-0.2, 0) is 0 Å². The van der Waals surface area contributed by atoms with Crippen LogP contribution in [0.2, 0.25) is 0 Å². The molecule has 0 aliphatic heterocycles. The van der Waals surface area contributed by atoms with E-state index in [4.69, 9.17) is 5.26 Å². The summed E-state index contributed by atoms with van der Waals surface area (Å²) in [7, 11) is 0. The fourth-order valence-electron chi connectivity index (χ4n) is 2.08. The van der Waals surface area contributed by atoms with Gasteiger partial charge in [0.2, 0.25) is 0 Å². The zero-order chi connectivity index (χ0) is 13.9. The first-order valence-corrected chi connectivity index (χ1v) is 7.20. The second-order valence-corrected chi connectivity index (χ2v) is 5.62. The Balaban J connectivity index is 1.84. The van der Waals surface area contributed by atoms with Crippen LogP contribution in [0.25, 0.3) is 10.2 Å². The SMILES string of the molecule is CC(Nc1nc2ccccc2s1)c1cccc(C#N)c1. The second kappa shape index (κ2) is 5.32. The number of benzene rings is 2. The molecule has 0 radical (unpaired) electrons. The van der Waals surface area contributed by atoms with Gasteiger partial charge < -0.3 is 5.32 Å². The van der Waals surface area contributed by atoms with Crippen molar-refractivity contribution in [3.8, 4) is 6.07 Å². The van der Waals surface area contributed by atoms with E-state index in [0.717, 1.165) is 16.2 Å². The molecule has 1 aromatic heterocycles. The van der Waals surface area contributed by atoms with E-state index in [1.165, 1.54) is 4.70 Å². The van der Waals surface area contributed by atoms with E-state index >= 15 is 0 Å². The van der Waals surface area contributed by atoms with Crippen LogP contribution in [0.1, 0.15) is 24.1 Å². The van der Waals surface area contributed by atoms with Crippen molar-refractivity contribution in [2.75, 3.05) is 5.32 Å². The van der Waals surface area contributed by atoms with E-state index in [1.807, 2.05) is 42.5 Å². The van der Waals surface area contributed by atoms with E-state index in [1.54, 1.807) is 11.3 Å². The van der Waals surface area contributed by atoms with Gasteiger partial charge in [-0.05, 0) is 36.8 Å². The van der Waals surface area contributed by atoms with Crippen LogP contribution >= 0.6 is 11.3 Å². The van der Waals surface area contributed by atoms with Crippen LogP contribution in [0.3, 0.4) is 0 Å². The van der Waals surface area contributed by atoms with Crippen LogP contribution in [0.15, 0.2) is 48.5 Å². The van der Waals surface area contributed by atoms with E-state index in [9.17, 15) is 0 Å². The van der Waals surface area contributed by atoms with Crippen molar-refractivity contribution in [3.05, 3.63) is 59.7 Å². The minimum Gasteiger partial charge on any atom is -0.355 e. The van der Waals surface area contributed by atoms with Crippen molar-refractivity contribution < 1.29 is 0 Å². The molecule has 1 heterocycles. The first-order valence-electron chi connectivity index (χ1n) is 6.38. The molecule has 0 saturated heterocycles. The van der Waals surface area contributed by atoms with Crippen LogP contribution < -0.4 is 5.32 Å². The molecule has 0 bridgehead atoms. The topological polar surface area (TPSA) is 48.7 Å². The predicted molar refractivity (Wildman–Crippen MR) is 82.8 cm³/mol. The molecule has 3 rings (SSSR count). The number of nitrogens with one attached hydrogen (secondary N) is 1. The summed E-state index contributed by atoms with van der Waals surface area (Å²) in [6, 6.07) is 18.0. The third-order valence-electron chi connectivity index (χ3n) is 3.15. The lowest BCUT2D eigenvalue weighted by Crippen LogP contribution is -2.06. The normalized spacial score (nSPS) is 12.0. The number of para-hydroxylation sites is 1. The molecule has 98 valence electrons. The lowest BCUT2D eigenvalue weighted by molar-refractivity contribution is 0.882. The number of thiazole rings is 1. The first kappa shape index (κ1) is 12.6. The molecule has 0 spiro atoms. The molecule has 4 heteroatoms. The maximum absolute atomic E-state index is 8.95. The van der Waals surface area contributed by atoms with Gasteiger partial charge in [-0.15, -0.1) is 0 Å². The van der Waals surface area contributed by atoms with Gasteiger partial charge in [0.05, 0.1) is 27.9 Å². The highest BCUT2D eigenvalue weighted by molar-refractivity contribution is 7.22. The average Bonchev–Trinajstić information content (AvgIpc) is 2.89. The van der Waals surface area contributed by atoms with Crippen LogP contribution in [-0.4, -0.2) is 4.98 Å². The molecular formula is C16H13N3S. The smallest absolute Gasteiger partial charge is 0.184 e. The summed E-state index contributed by atoms with van der Waals surface area (Å²) in [5.41, 5.74) is 2.78. The summed E-state index contributed by atoms with van der Waals surface area (Å²) < 4.78 is 1.17. The van der Waals surface area contributed by atoms with Crippen molar-refractivity contribution in [2.24, 2.45) is 0 Å². The Morgan fingerprint density at radius 1 is 1.20 bits per heavy atom. The van der Waals surface area contributed by atoms with Gasteiger partial charge in [0, 0.05) is 0 Å². The molecule has 2 aromatic carbocycles. The number of nitrogens with zero attached hydrogens (tertiary/aromatic N) is 2. The van der Waals surface area contributed by atoms with E-state index in [2.05, 4.69) is 29.4 Å². The Hall–Kier alpha value is -2.38. The molecule has 1 atom stereocenters. The van der Waals surface area contributed by atoms with Crippen LogP contribution in [0, 0.1) is 11.3 Å². The minimum absolute atomic E-state index is 0.115. The fourth-order valence-corrected chi connectivity index (χ4v) is 3.03. The van der Waals surface area contributed by atoms with Gasteiger partial charge in [0.25, 0.3) is 0 Å². The summed E-state index contributed by atoms with van der Waals surface area (Å²) in [6.07, 6.45) is 0. The minimum atomic E-state index is 0.115. The molecule has 3 aromatic rings. The van der Waals surface area contributed by atoms with Crippen molar-refractivity contribution in [1.82, 2.24) is 4.98 Å². The van der Waals surface area contributed by atoms with Gasteiger partial charge >= 0.3 is 0 Å². The number of rotatable bonds is 3. The molecule has 3 nitrogen and oxygen atoms in total. The molecule has 0 amide bonds. The molecule has 20 heavy (non-hydrogen) atoms. The van der Waals surface area contributed by atoms with Gasteiger partial charge in [-0.3, -0.25) is 0 Å². The highest BCUT2D eigenvalue weighted by atomic mass is 32.1. The largest absolute Gasteiger partial charge is 0.355 e. The molecule has 0 aliphatic rings. The summed E-state index contributed by atoms with van der Waals surface area (Å²) in [5.74, 6) is 0. The maximum atomic E-state index is 8.95. The number of fused-ring (bicyclic) bond motifs is 1. The van der Waals surface area contributed by atoms with Gasteiger partial charge in [0.15, 0.2) is 5.13 Å². The Bertz CT molecular complexity index is 753. The van der Waals surface area contributed by atoms with Crippen LogP contribution in [0.5, 0.6) is 0 Å². The van der Waals surface area contributed by atoms with Gasteiger partial charge in [-0.1, -0.05) is 35.6 Å². The van der Waals surface area contributed by atoms with Crippen molar-refractivity contribution in [1.29, 1.82) is 5.26 Å². The molecule has 0 saturated carbocycles. The lowest BCUT2D eigenvalue weighted by atomic mass is 10.1. The standard InChI is InChI=1S/C16H13N3S/c1-11(13-6-4-5-12(9-13)10-17)18-16-19-14-7-2-3-8-15(14)20-16/h2-9,11H,1H3,(H,18,19). The summed E-state index contributed by atoms with van der Waals surface area (Å²) in [5, 5.41) is 13.2. The van der Waals surface area contributed by atoms with Crippen molar-refractivity contribution in [2.45, 2.75) is 13.0 Å². The third-order valence-corrected chi connectivity index (χ3v) is 4.12. The molecule has 1 N–H and O–H groups in total. The third kappa shape index (κ3) is 2.49. The highest BCUT2D eigenvalue weighted by Gasteiger charge is 2.09. The monoisotopic (exact) mass is 279 g/mol. The number of anilines is 1. The van der Waals surface area contributed by atoms with Gasteiger partial charge in [0.1, 0.15) is 0 Å². The van der Waals surface area contributed by atoms with Crippen molar-refractivity contribution >= 4 is 26.7 Å². The Kier molecular flexibility index (Phi) is 3.36. The Morgan fingerprint density at radius 3 is 2.85 bits per heavy atom. The first-order chi connectivity index (χ1) is 9.76. The van der Waals surface area contributed by atoms with Gasteiger partial charge in [-0.2, -0.15) is 5.26 Å². The average molecular weight is 279 g/mol. The maximum Gasteiger partial charge on any atom is 0.184 e. The molecule has 1 unspecified atom stereocenters. The second-order valence-electron chi connectivity index (χ2n) is 4.59. The van der Waals surface area contributed by atoms with Crippen molar-refractivity contribution in [3.63, 3.8) is 0 Å². The lowest BCUT2D eigenvalue weighted by Gasteiger charge is -2.13. The van der Waals surface area contributed by atoms with Crippen LogP contribution in [0.4, 0.5) is 5.13 Å². The number of hydrogen-bond donors (Lipinski definition) is 1. The summed E-state index contributed by atoms with van der Waals surface area (Å²) in [6.45, 7) is 2.07. The Morgan fingerprint density at radius 2 is 2.05 bits per heavy atom. The highest BCUT2D eigenvalue weighted by Crippen LogP contribution is 2.28. The molecular weight excluding hydrogens is 266 g/mol. The van der Waals surface area contributed by atoms with Gasteiger partial charge in [-0.25, -0.2) is 4.98 Å². The van der Waals surface area contributed by atoms with E-state index in [0.29, 0.717) is 5.56 Å². The zero-order valence-electron chi connectivity index (χ0n) is 11.0. The molecule has 0 aliphatic carbocycles. The summed E-state index contributed by atoms with van der Waals surface area (Å²) in [4.78, 5) is 4.56. The fraction of sp³-hybridized carbons (Fsp3) is 0.125. The predicted octanol–water partition coefficient (Wildman–Crippen LogP) is 4.34. The summed E-state index contributed by atoms with van der Waals surface area (Å²) >= 11 is 1.64. The number of nitriles is 1. The molecule has 0 fully saturated rings.